The van der Waals surface area contributed by atoms with Crippen molar-refractivity contribution in [2.75, 3.05) is 16.6 Å². The zero-order chi connectivity index (χ0) is 30.7. The third-order valence-electron chi connectivity index (χ3n) is 8.30. The molecule has 3 unspecified atom stereocenters. The molecule has 0 saturated heterocycles. The maximum Gasteiger partial charge on any atom is 0.416 e. The fourth-order valence-corrected chi connectivity index (χ4v) is 7.44. The number of rotatable bonds is 6. The Labute approximate surface area is 251 Å². The maximum absolute atomic E-state index is 13.8. The van der Waals surface area contributed by atoms with Gasteiger partial charge in [-0.3, -0.25) is 9.52 Å². The third kappa shape index (κ3) is 4.77. The van der Waals surface area contributed by atoms with E-state index in [9.17, 15) is 26.4 Å². The highest BCUT2D eigenvalue weighted by atomic mass is 32.2. The van der Waals surface area contributed by atoms with Crippen molar-refractivity contribution in [1.82, 2.24) is 0 Å². The monoisotopic (exact) mass is 618 g/mol. The molecule has 7 nitrogen and oxygen atoms in total. The number of sulfonamides is 1. The van der Waals surface area contributed by atoms with Gasteiger partial charge >= 0.3 is 6.18 Å². The number of halogens is 3. The number of carbonyl (C=O) groups excluding carboxylic acids is 1. The van der Waals surface area contributed by atoms with Gasteiger partial charge in [-0.15, -0.1) is 0 Å². The predicted molar refractivity (Wildman–Crippen MR) is 158 cm³/mol. The number of hydrogen-bond donors (Lipinski definition) is 2. The summed E-state index contributed by atoms with van der Waals surface area (Å²) in [6.45, 7) is 0.265. The summed E-state index contributed by atoms with van der Waals surface area (Å²) in [5.41, 5.74) is 1.01. The van der Waals surface area contributed by atoms with Gasteiger partial charge < -0.3 is 14.8 Å². The molecule has 1 amide bonds. The van der Waals surface area contributed by atoms with E-state index in [2.05, 4.69) is 10.0 Å². The molecule has 3 atom stereocenters. The molecule has 4 aromatic carbocycles. The van der Waals surface area contributed by atoms with Crippen LogP contribution in [0.1, 0.15) is 34.6 Å². The topological polar surface area (TPSA) is 93.7 Å². The minimum absolute atomic E-state index is 0.0249. The first-order valence-electron chi connectivity index (χ1n) is 13.9. The molecule has 7 rings (SSSR count). The molecule has 224 valence electrons. The van der Waals surface area contributed by atoms with Crippen molar-refractivity contribution in [3.05, 3.63) is 119 Å². The van der Waals surface area contributed by atoms with Crippen LogP contribution in [0.25, 0.3) is 6.08 Å². The Kier molecular flexibility index (Phi) is 6.47. The Balaban J connectivity index is 1.25. The average molecular weight is 619 g/mol. The summed E-state index contributed by atoms with van der Waals surface area (Å²) in [6, 6.07) is 23.2. The van der Waals surface area contributed by atoms with Crippen molar-refractivity contribution in [3.8, 4) is 11.5 Å². The second kappa shape index (κ2) is 10.2. The minimum atomic E-state index is -4.55. The zero-order valence-corrected chi connectivity index (χ0v) is 23.8. The predicted octanol–water partition coefficient (Wildman–Crippen LogP) is 6.74. The van der Waals surface area contributed by atoms with Crippen molar-refractivity contribution in [2.24, 2.45) is 0 Å². The third-order valence-corrected chi connectivity index (χ3v) is 9.68. The van der Waals surface area contributed by atoms with Crippen LogP contribution in [0.4, 0.5) is 24.5 Å². The lowest BCUT2D eigenvalue weighted by atomic mass is 9.66. The summed E-state index contributed by atoms with van der Waals surface area (Å²) >= 11 is 0. The van der Waals surface area contributed by atoms with Gasteiger partial charge in [0, 0.05) is 23.2 Å². The van der Waals surface area contributed by atoms with Crippen LogP contribution in [0, 0.1) is 0 Å². The van der Waals surface area contributed by atoms with Gasteiger partial charge in [-0.1, -0.05) is 48.6 Å². The van der Waals surface area contributed by atoms with Crippen LogP contribution in [-0.2, 0) is 26.4 Å². The molecule has 0 saturated carbocycles. The van der Waals surface area contributed by atoms with Gasteiger partial charge in [0.25, 0.3) is 10.0 Å². The van der Waals surface area contributed by atoms with Gasteiger partial charge in [-0.05, 0) is 71.3 Å². The maximum atomic E-state index is 13.8. The molecule has 44 heavy (non-hydrogen) atoms. The van der Waals surface area contributed by atoms with Crippen molar-refractivity contribution in [3.63, 3.8) is 0 Å². The van der Waals surface area contributed by atoms with Gasteiger partial charge in [-0.25, -0.2) is 8.42 Å². The van der Waals surface area contributed by atoms with E-state index in [1.54, 1.807) is 0 Å². The molecule has 2 heterocycles. The van der Waals surface area contributed by atoms with E-state index in [-0.39, 0.29) is 23.1 Å². The van der Waals surface area contributed by atoms with E-state index in [0.717, 1.165) is 35.4 Å². The Morgan fingerprint density at radius 1 is 0.932 bits per heavy atom. The van der Waals surface area contributed by atoms with E-state index in [1.807, 2.05) is 60.7 Å². The van der Waals surface area contributed by atoms with Crippen LogP contribution in [0.15, 0.2) is 102 Å². The molecule has 0 bridgehead atoms. The SMILES string of the molecule is O=C1Nc2ccc(S(=O)(=O)Nc3ccc(C(F)(F)F)cc3)cc2C1C1(CC2COc3ccccc3O2)C=Cc2ccccc21. The lowest BCUT2D eigenvalue weighted by Gasteiger charge is -2.38. The normalized spacial score (nSPS) is 21.8. The second-order valence-corrected chi connectivity index (χ2v) is 12.7. The summed E-state index contributed by atoms with van der Waals surface area (Å²) in [5, 5.41) is 2.91. The number of amides is 1. The molecule has 2 N–H and O–H groups in total. The van der Waals surface area contributed by atoms with E-state index < -0.39 is 39.2 Å². The molecule has 4 aromatic rings. The molecule has 0 aromatic heterocycles. The lowest BCUT2D eigenvalue weighted by Crippen LogP contribution is -2.42. The molecule has 0 fully saturated rings. The van der Waals surface area contributed by atoms with Gasteiger partial charge in [0.05, 0.1) is 16.4 Å². The lowest BCUT2D eigenvalue weighted by molar-refractivity contribution is -0.137. The van der Waals surface area contributed by atoms with Gasteiger partial charge in [-0.2, -0.15) is 13.2 Å². The van der Waals surface area contributed by atoms with Crippen LogP contribution >= 0.6 is 0 Å². The van der Waals surface area contributed by atoms with Crippen LogP contribution in [-0.4, -0.2) is 27.0 Å². The number of ether oxygens (including phenoxy) is 2. The minimum Gasteiger partial charge on any atom is -0.486 e. The van der Waals surface area contributed by atoms with Crippen LogP contribution in [0.3, 0.4) is 0 Å². The van der Waals surface area contributed by atoms with E-state index >= 15 is 0 Å². The Morgan fingerprint density at radius 3 is 2.43 bits per heavy atom. The first kappa shape index (κ1) is 28.0. The number of alkyl halides is 3. The largest absolute Gasteiger partial charge is 0.486 e. The highest BCUT2D eigenvalue weighted by molar-refractivity contribution is 7.92. The zero-order valence-electron chi connectivity index (χ0n) is 23.0. The summed E-state index contributed by atoms with van der Waals surface area (Å²) in [4.78, 5) is 13.6. The van der Waals surface area contributed by atoms with Crippen LogP contribution in [0.2, 0.25) is 0 Å². The van der Waals surface area contributed by atoms with E-state index in [1.165, 1.54) is 18.2 Å². The molecule has 1 aliphatic carbocycles. The number of allylic oxidation sites excluding steroid dienone is 1. The Hall–Kier alpha value is -4.77. The number of fused-ring (bicyclic) bond motifs is 3. The fourth-order valence-electron chi connectivity index (χ4n) is 6.34. The Morgan fingerprint density at radius 2 is 1.66 bits per heavy atom. The number of carbonyl (C=O) groups is 1. The highest BCUT2D eigenvalue weighted by Gasteiger charge is 2.52. The van der Waals surface area contributed by atoms with E-state index in [4.69, 9.17) is 9.47 Å². The van der Waals surface area contributed by atoms with Crippen LogP contribution in [0.5, 0.6) is 11.5 Å². The molecule has 2 aliphatic heterocycles. The quantitative estimate of drug-likeness (QED) is 0.250. The molecule has 3 aliphatic rings. The number of nitrogens with one attached hydrogen (secondary N) is 2. The van der Waals surface area contributed by atoms with Crippen molar-refractivity contribution in [2.45, 2.75) is 34.9 Å². The first-order chi connectivity index (χ1) is 21.0. The van der Waals surface area contributed by atoms with Gasteiger partial charge in [0.1, 0.15) is 12.7 Å². The number of anilines is 2. The highest BCUT2D eigenvalue weighted by Crippen LogP contribution is 2.54. The first-order valence-corrected chi connectivity index (χ1v) is 15.3. The van der Waals surface area contributed by atoms with Gasteiger partial charge in [0.2, 0.25) is 5.91 Å². The summed E-state index contributed by atoms with van der Waals surface area (Å²) in [6.07, 6.45) is -0.639. The number of para-hydroxylation sites is 2. The standard InChI is InChI=1S/C33H25F3N2O5S/c34-33(35,36)21-9-11-22(12-10-21)38-44(40,41)24-13-14-27-25(17-24)30(31(39)37-27)32(16-15-20-5-1-2-6-26(20)32)18-23-19-42-28-7-3-4-8-29(28)43-23/h1-17,23,30,38H,18-19H2,(H,37,39). The summed E-state index contributed by atoms with van der Waals surface area (Å²) in [5.74, 6) is 0.149. The molecular formula is C33H25F3N2O5S. The summed E-state index contributed by atoms with van der Waals surface area (Å²) < 4.78 is 80.5. The summed E-state index contributed by atoms with van der Waals surface area (Å²) in [7, 11) is -4.22. The Bertz CT molecular complexity index is 1920. The van der Waals surface area contributed by atoms with Crippen molar-refractivity contribution >= 4 is 33.4 Å². The van der Waals surface area contributed by atoms with Crippen LogP contribution < -0.4 is 19.5 Å². The van der Waals surface area contributed by atoms with Gasteiger partial charge in [0.15, 0.2) is 11.5 Å². The second-order valence-electron chi connectivity index (χ2n) is 11.0. The fraction of sp³-hybridized carbons (Fsp3) is 0.182. The van der Waals surface area contributed by atoms with Crippen molar-refractivity contribution < 1.29 is 35.9 Å². The number of hydrogen-bond acceptors (Lipinski definition) is 5. The smallest absolute Gasteiger partial charge is 0.416 e. The molecule has 0 radical (unpaired) electrons. The van der Waals surface area contributed by atoms with Crippen molar-refractivity contribution in [1.29, 1.82) is 0 Å². The molecule has 11 heteroatoms. The molecule has 0 spiro atoms. The molecular weight excluding hydrogens is 593 g/mol. The number of benzene rings is 4. The average Bonchev–Trinajstić information content (AvgIpc) is 3.53. The van der Waals surface area contributed by atoms with E-state index in [0.29, 0.717) is 29.2 Å².